The molecule has 3 amide bonds. The molecule has 1 atom stereocenters. The highest BCUT2D eigenvalue weighted by molar-refractivity contribution is 7.62. The van der Waals surface area contributed by atoms with Crippen molar-refractivity contribution in [2.75, 3.05) is 13.2 Å². The van der Waals surface area contributed by atoms with Gasteiger partial charge in [-0.25, -0.2) is 4.79 Å². The van der Waals surface area contributed by atoms with Crippen molar-refractivity contribution >= 4 is 36.4 Å². The fraction of sp³-hybridized carbons (Fsp3) is 0.429. The monoisotopic (exact) mass is 360 g/mol. The molecule has 0 aromatic heterocycles. The van der Waals surface area contributed by atoms with Crippen molar-refractivity contribution in [3.63, 3.8) is 0 Å². The van der Waals surface area contributed by atoms with Crippen LogP contribution in [-0.2, 0) is 23.9 Å². The number of urea groups is 1. The van der Waals surface area contributed by atoms with Gasteiger partial charge in [0.15, 0.2) is 0 Å². The molecule has 23 heavy (non-hydrogen) atoms. The Hall–Kier alpha value is -1.40. The first-order valence-electron chi connectivity index (χ1n) is 7.10. The van der Waals surface area contributed by atoms with Crippen molar-refractivity contribution in [2.45, 2.75) is 26.3 Å². The van der Waals surface area contributed by atoms with E-state index in [0.29, 0.717) is 5.56 Å². The molecule has 1 aliphatic rings. The first-order chi connectivity index (χ1) is 10.8. The van der Waals surface area contributed by atoms with Crippen LogP contribution in [-0.4, -0.2) is 25.2 Å². The van der Waals surface area contributed by atoms with E-state index in [0.717, 1.165) is 0 Å². The number of nitrogens with one attached hydrogen (secondary N) is 2. The van der Waals surface area contributed by atoms with Gasteiger partial charge in [0.1, 0.15) is 5.54 Å². The summed E-state index contributed by atoms with van der Waals surface area (Å²) in [6.07, 6.45) is 0. The van der Waals surface area contributed by atoms with Crippen LogP contribution >= 0.6 is 19.2 Å². The van der Waals surface area contributed by atoms with Crippen LogP contribution < -0.4 is 15.9 Å². The summed E-state index contributed by atoms with van der Waals surface area (Å²) in [5.74, 6) is -0.482. The van der Waals surface area contributed by atoms with Gasteiger partial charge in [-0.2, -0.15) is 0 Å². The van der Waals surface area contributed by atoms with E-state index >= 15 is 0 Å². The van der Waals surface area contributed by atoms with Crippen molar-refractivity contribution in [2.24, 2.45) is 0 Å². The van der Waals surface area contributed by atoms with Crippen LogP contribution in [0.2, 0.25) is 5.02 Å². The number of imide groups is 1. The third-order valence-electron chi connectivity index (χ3n) is 3.46. The molecule has 1 aromatic carbocycles. The van der Waals surface area contributed by atoms with Crippen LogP contribution in [0.5, 0.6) is 0 Å². The lowest BCUT2D eigenvalue weighted by molar-refractivity contribution is -0.123. The molecule has 0 bridgehead atoms. The minimum atomic E-state index is -3.53. The SMILES string of the molecule is CCOP(=O)(OCC)c1ccc(C2(C)NC(=O)NC2=O)cc1Cl. The molecule has 1 aromatic rings. The van der Waals surface area contributed by atoms with Crippen molar-refractivity contribution in [1.82, 2.24) is 10.6 Å². The van der Waals surface area contributed by atoms with Gasteiger partial charge in [0.05, 0.1) is 23.5 Å². The molecule has 1 unspecified atom stereocenters. The molecule has 0 radical (unpaired) electrons. The van der Waals surface area contributed by atoms with Crippen LogP contribution in [0, 0.1) is 0 Å². The first-order valence-corrected chi connectivity index (χ1v) is 9.02. The second-order valence-corrected chi connectivity index (χ2v) is 7.43. The zero-order chi connectivity index (χ0) is 17.3. The van der Waals surface area contributed by atoms with E-state index in [4.69, 9.17) is 20.6 Å². The minimum absolute atomic E-state index is 0.142. The van der Waals surface area contributed by atoms with Gasteiger partial charge >= 0.3 is 13.6 Å². The van der Waals surface area contributed by atoms with Gasteiger partial charge in [-0.15, -0.1) is 0 Å². The maximum absolute atomic E-state index is 12.8. The number of halogens is 1. The van der Waals surface area contributed by atoms with E-state index in [9.17, 15) is 14.2 Å². The lowest BCUT2D eigenvalue weighted by Crippen LogP contribution is -2.40. The Morgan fingerprint density at radius 1 is 1.22 bits per heavy atom. The highest BCUT2D eigenvalue weighted by atomic mass is 35.5. The number of amides is 3. The number of rotatable bonds is 6. The Labute approximate surface area is 139 Å². The summed E-state index contributed by atoms with van der Waals surface area (Å²) in [7, 11) is -3.53. The molecule has 2 rings (SSSR count). The average Bonchev–Trinajstić information content (AvgIpc) is 2.73. The number of carbonyl (C=O) groups is 2. The number of hydrogen-bond donors (Lipinski definition) is 2. The Bertz CT molecular complexity index is 686. The van der Waals surface area contributed by atoms with Gasteiger partial charge in [-0.3, -0.25) is 14.7 Å². The normalized spacial score (nSPS) is 21.2. The van der Waals surface area contributed by atoms with Crippen molar-refractivity contribution in [3.05, 3.63) is 28.8 Å². The lowest BCUT2D eigenvalue weighted by Gasteiger charge is -2.23. The molecule has 126 valence electrons. The Kier molecular flexibility index (Phi) is 5.16. The number of benzene rings is 1. The predicted molar refractivity (Wildman–Crippen MR) is 86.0 cm³/mol. The highest BCUT2D eigenvalue weighted by Crippen LogP contribution is 2.49. The molecule has 2 N–H and O–H groups in total. The van der Waals surface area contributed by atoms with E-state index in [1.807, 2.05) is 0 Å². The van der Waals surface area contributed by atoms with E-state index < -0.39 is 25.1 Å². The van der Waals surface area contributed by atoms with Gasteiger partial charge in [-0.05, 0) is 38.5 Å². The van der Waals surface area contributed by atoms with E-state index in [2.05, 4.69) is 10.6 Å². The average molecular weight is 361 g/mol. The highest BCUT2D eigenvalue weighted by Gasteiger charge is 2.44. The summed E-state index contributed by atoms with van der Waals surface area (Å²) in [5, 5.41) is 5.08. The van der Waals surface area contributed by atoms with Gasteiger partial charge in [0, 0.05) is 0 Å². The molecule has 9 heteroatoms. The molecule has 1 fully saturated rings. The summed E-state index contributed by atoms with van der Waals surface area (Å²) in [4.78, 5) is 23.3. The third-order valence-corrected chi connectivity index (χ3v) is 6.08. The molecule has 7 nitrogen and oxygen atoms in total. The standard InChI is InChI=1S/C14H18ClN2O5P/c1-4-21-23(20,22-5-2)11-7-6-9(8-10(11)15)14(3)12(18)16-13(19)17-14/h6-8H,4-5H2,1-3H3,(H2,16,17,18,19). The first kappa shape index (κ1) is 17.9. The summed E-state index contributed by atoms with van der Waals surface area (Å²) in [6, 6.07) is 3.96. The van der Waals surface area contributed by atoms with Gasteiger partial charge in [0.25, 0.3) is 5.91 Å². The van der Waals surface area contributed by atoms with Crippen molar-refractivity contribution in [3.8, 4) is 0 Å². The predicted octanol–water partition coefficient (Wildman–Crippen LogP) is 2.29. The largest absolute Gasteiger partial charge is 0.362 e. The Morgan fingerprint density at radius 3 is 2.26 bits per heavy atom. The number of carbonyl (C=O) groups excluding carboxylic acids is 2. The maximum Gasteiger partial charge on any atom is 0.362 e. The van der Waals surface area contributed by atoms with E-state index in [1.54, 1.807) is 26.8 Å². The van der Waals surface area contributed by atoms with Gasteiger partial charge in [0.2, 0.25) is 0 Å². The fourth-order valence-corrected chi connectivity index (χ4v) is 4.41. The molecular weight excluding hydrogens is 343 g/mol. The third kappa shape index (κ3) is 3.28. The summed E-state index contributed by atoms with van der Waals surface area (Å²) in [6.45, 7) is 5.36. The molecule has 1 aliphatic heterocycles. The summed E-state index contributed by atoms with van der Waals surface area (Å²) < 4.78 is 23.3. The molecule has 0 spiro atoms. The zero-order valence-corrected chi connectivity index (χ0v) is 14.7. The number of hydrogen-bond acceptors (Lipinski definition) is 5. The second-order valence-electron chi connectivity index (χ2n) is 5.03. The quantitative estimate of drug-likeness (QED) is 0.599. The minimum Gasteiger partial charge on any atom is -0.320 e. The van der Waals surface area contributed by atoms with Crippen LogP contribution in [0.4, 0.5) is 4.79 Å². The molecule has 1 saturated heterocycles. The van der Waals surface area contributed by atoms with Crippen LogP contribution in [0.1, 0.15) is 26.3 Å². The zero-order valence-electron chi connectivity index (χ0n) is 13.0. The van der Waals surface area contributed by atoms with E-state index in [1.165, 1.54) is 12.1 Å². The Morgan fingerprint density at radius 2 is 1.83 bits per heavy atom. The van der Waals surface area contributed by atoms with Gasteiger partial charge in [-0.1, -0.05) is 17.7 Å². The van der Waals surface area contributed by atoms with Crippen molar-refractivity contribution in [1.29, 1.82) is 0 Å². The van der Waals surface area contributed by atoms with Crippen LogP contribution in [0.15, 0.2) is 18.2 Å². The van der Waals surface area contributed by atoms with E-state index in [-0.39, 0.29) is 23.5 Å². The van der Waals surface area contributed by atoms with Gasteiger partial charge < -0.3 is 14.4 Å². The fourth-order valence-electron chi connectivity index (χ4n) is 2.30. The van der Waals surface area contributed by atoms with Crippen LogP contribution in [0.25, 0.3) is 0 Å². The maximum atomic E-state index is 12.8. The Balaban J connectivity index is 2.44. The van der Waals surface area contributed by atoms with Crippen LogP contribution in [0.3, 0.4) is 0 Å². The van der Waals surface area contributed by atoms with Crippen molar-refractivity contribution < 1.29 is 23.2 Å². The molecule has 1 heterocycles. The lowest BCUT2D eigenvalue weighted by atomic mass is 9.92. The topological polar surface area (TPSA) is 93.7 Å². The smallest absolute Gasteiger partial charge is 0.320 e. The summed E-state index contributed by atoms with van der Waals surface area (Å²) >= 11 is 6.23. The molecular formula is C14H18ClN2O5P. The summed E-state index contributed by atoms with van der Waals surface area (Å²) in [5.41, 5.74) is -0.769. The molecule has 0 saturated carbocycles. The molecule has 0 aliphatic carbocycles. The second kappa shape index (κ2) is 6.61.